The molecule has 0 fully saturated rings. The molecule has 31 heavy (non-hydrogen) atoms. The van der Waals surface area contributed by atoms with Crippen molar-refractivity contribution in [1.29, 1.82) is 0 Å². The molecule has 0 atom stereocenters. The zero-order valence-corrected chi connectivity index (χ0v) is 16.7. The highest BCUT2D eigenvalue weighted by Crippen LogP contribution is 2.25. The van der Waals surface area contributed by atoms with Gasteiger partial charge in [-0.05, 0) is 54.1 Å². The van der Waals surface area contributed by atoms with Crippen molar-refractivity contribution in [2.75, 3.05) is 11.9 Å². The fraction of sp³-hybridized carbons (Fsp3) is 0.0455. The number of amides is 2. The van der Waals surface area contributed by atoms with Gasteiger partial charge in [0.25, 0.3) is 11.8 Å². The second kappa shape index (κ2) is 10.3. The predicted molar refractivity (Wildman–Crippen MR) is 113 cm³/mol. The molecule has 0 aromatic heterocycles. The molecule has 3 aromatic carbocycles. The monoisotopic (exact) mass is 443 g/mol. The van der Waals surface area contributed by atoms with Gasteiger partial charge in [-0.3, -0.25) is 9.59 Å². The van der Waals surface area contributed by atoms with Crippen LogP contribution in [-0.2, 0) is 4.79 Å². The smallest absolute Gasteiger partial charge is 0.271 e. The summed E-state index contributed by atoms with van der Waals surface area (Å²) in [6.07, 6.45) is 1.34. The van der Waals surface area contributed by atoms with Gasteiger partial charge in [-0.15, -0.1) is 0 Å². The lowest BCUT2D eigenvalue weighted by Crippen LogP contribution is -2.20. The van der Waals surface area contributed by atoms with Gasteiger partial charge in [0.15, 0.2) is 6.61 Å². The van der Waals surface area contributed by atoms with Crippen molar-refractivity contribution in [3.05, 3.63) is 94.5 Å². The van der Waals surface area contributed by atoms with E-state index in [1.54, 1.807) is 12.1 Å². The Balaban J connectivity index is 1.53. The van der Waals surface area contributed by atoms with E-state index in [9.17, 15) is 18.4 Å². The first-order chi connectivity index (χ1) is 14.9. The number of para-hydroxylation sites is 1. The molecule has 0 heterocycles. The highest BCUT2D eigenvalue weighted by Gasteiger charge is 2.09. The number of halogens is 3. The van der Waals surface area contributed by atoms with Crippen LogP contribution in [0.5, 0.6) is 5.75 Å². The lowest BCUT2D eigenvalue weighted by atomic mass is 10.2. The van der Waals surface area contributed by atoms with E-state index in [2.05, 4.69) is 15.8 Å². The highest BCUT2D eigenvalue weighted by molar-refractivity contribution is 6.32. The van der Waals surface area contributed by atoms with Crippen molar-refractivity contribution < 1.29 is 23.1 Å². The summed E-state index contributed by atoms with van der Waals surface area (Å²) < 4.78 is 32.1. The minimum Gasteiger partial charge on any atom is -0.482 e. The number of carbonyl (C=O) groups is 2. The molecule has 0 aliphatic heterocycles. The molecule has 0 spiro atoms. The molecule has 0 aliphatic carbocycles. The Bertz CT molecular complexity index is 1140. The molecule has 3 rings (SSSR count). The molecular weight excluding hydrogens is 428 g/mol. The molecule has 158 valence electrons. The zero-order chi connectivity index (χ0) is 22.2. The maximum absolute atomic E-state index is 13.6. The van der Waals surface area contributed by atoms with Crippen molar-refractivity contribution in [3.63, 3.8) is 0 Å². The minimum absolute atomic E-state index is 0.0500. The van der Waals surface area contributed by atoms with Crippen molar-refractivity contribution in [1.82, 2.24) is 5.43 Å². The van der Waals surface area contributed by atoms with Gasteiger partial charge in [-0.2, -0.15) is 5.10 Å². The molecule has 0 radical (unpaired) electrons. The summed E-state index contributed by atoms with van der Waals surface area (Å²) in [5.74, 6) is -1.95. The number of anilines is 1. The number of hydrazone groups is 1. The van der Waals surface area contributed by atoms with Crippen LogP contribution in [-0.4, -0.2) is 24.6 Å². The zero-order valence-electron chi connectivity index (χ0n) is 15.9. The second-order valence-electron chi connectivity index (χ2n) is 6.22. The van der Waals surface area contributed by atoms with Gasteiger partial charge in [0.05, 0.1) is 16.9 Å². The van der Waals surface area contributed by atoms with Crippen LogP contribution < -0.4 is 15.5 Å². The average Bonchev–Trinajstić information content (AvgIpc) is 2.74. The molecule has 9 heteroatoms. The molecular formula is C22H16ClF2N3O3. The van der Waals surface area contributed by atoms with Gasteiger partial charge >= 0.3 is 0 Å². The van der Waals surface area contributed by atoms with E-state index in [1.165, 1.54) is 54.7 Å². The number of rotatable bonds is 7. The van der Waals surface area contributed by atoms with Gasteiger partial charge in [0.2, 0.25) is 0 Å². The van der Waals surface area contributed by atoms with E-state index < -0.39 is 23.4 Å². The van der Waals surface area contributed by atoms with Gasteiger partial charge < -0.3 is 10.1 Å². The van der Waals surface area contributed by atoms with Crippen molar-refractivity contribution in [3.8, 4) is 5.75 Å². The van der Waals surface area contributed by atoms with E-state index in [1.807, 2.05) is 0 Å². The van der Waals surface area contributed by atoms with E-state index >= 15 is 0 Å². The molecule has 0 saturated heterocycles. The summed E-state index contributed by atoms with van der Waals surface area (Å²) in [5.41, 5.74) is 3.01. The van der Waals surface area contributed by atoms with Gasteiger partial charge in [0.1, 0.15) is 17.4 Å². The molecule has 0 bridgehead atoms. The van der Waals surface area contributed by atoms with E-state index in [0.29, 0.717) is 5.56 Å². The molecule has 2 amide bonds. The third kappa shape index (κ3) is 6.35. The molecule has 0 unspecified atom stereocenters. The SMILES string of the molecule is O=C(COc1ccc(C=NNC(=O)c2cccc(F)c2)cc1Cl)Nc1ccccc1F. The third-order valence-corrected chi connectivity index (χ3v) is 4.22. The Morgan fingerprint density at radius 2 is 1.84 bits per heavy atom. The number of hydrogen-bond donors (Lipinski definition) is 2. The summed E-state index contributed by atoms with van der Waals surface area (Å²) in [6.45, 7) is -0.370. The van der Waals surface area contributed by atoms with Gasteiger partial charge in [0, 0.05) is 5.56 Å². The van der Waals surface area contributed by atoms with Crippen molar-refractivity contribution >= 4 is 35.3 Å². The van der Waals surface area contributed by atoms with Crippen LogP contribution in [0.4, 0.5) is 14.5 Å². The Kier molecular flexibility index (Phi) is 7.29. The van der Waals surface area contributed by atoms with Gasteiger partial charge in [-0.25, -0.2) is 14.2 Å². The first kappa shape index (κ1) is 21.9. The Morgan fingerprint density at radius 3 is 2.58 bits per heavy atom. The normalized spacial score (nSPS) is 10.7. The molecule has 2 N–H and O–H groups in total. The second-order valence-corrected chi connectivity index (χ2v) is 6.62. The van der Waals surface area contributed by atoms with Crippen LogP contribution in [0.2, 0.25) is 5.02 Å². The first-order valence-corrected chi connectivity index (χ1v) is 9.36. The van der Waals surface area contributed by atoms with E-state index in [0.717, 1.165) is 6.07 Å². The Hall–Kier alpha value is -3.78. The number of ether oxygens (including phenoxy) is 1. The number of carbonyl (C=O) groups excluding carboxylic acids is 2. The lowest BCUT2D eigenvalue weighted by Gasteiger charge is -2.09. The third-order valence-electron chi connectivity index (χ3n) is 3.93. The average molecular weight is 444 g/mol. The van der Waals surface area contributed by atoms with Gasteiger partial charge in [-0.1, -0.05) is 29.8 Å². The maximum atomic E-state index is 13.6. The molecule has 3 aromatic rings. The number of nitrogens with one attached hydrogen (secondary N) is 2. The van der Waals surface area contributed by atoms with Crippen LogP contribution in [0.3, 0.4) is 0 Å². The lowest BCUT2D eigenvalue weighted by molar-refractivity contribution is -0.118. The number of nitrogens with zero attached hydrogens (tertiary/aromatic N) is 1. The first-order valence-electron chi connectivity index (χ1n) is 8.98. The highest BCUT2D eigenvalue weighted by atomic mass is 35.5. The summed E-state index contributed by atoms with van der Waals surface area (Å²) >= 11 is 6.15. The topological polar surface area (TPSA) is 79.8 Å². The standard InChI is InChI=1S/C22H16ClF2N3O3/c23-17-10-14(12-26-28-22(30)15-4-3-5-16(24)11-15)8-9-20(17)31-13-21(29)27-19-7-2-1-6-18(19)25/h1-12H,13H2,(H,27,29)(H,28,30). The van der Waals surface area contributed by atoms with E-state index in [-0.39, 0.29) is 28.6 Å². The number of benzene rings is 3. The van der Waals surface area contributed by atoms with Crippen LogP contribution >= 0.6 is 11.6 Å². The Morgan fingerprint density at radius 1 is 1.03 bits per heavy atom. The van der Waals surface area contributed by atoms with Crippen LogP contribution in [0, 0.1) is 11.6 Å². The summed E-state index contributed by atoms with van der Waals surface area (Å²) in [6, 6.07) is 15.6. The quantitative estimate of drug-likeness (QED) is 0.419. The summed E-state index contributed by atoms with van der Waals surface area (Å²) in [7, 11) is 0. The van der Waals surface area contributed by atoms with Crippen molar-refractivity contribution in [2.45, 2.75) is 0 Å². The van der Waals surface area contributed by atoms with Crippen LogP contribution in [0.25, 0.3) is 0 Å². The maximum Gasteiger partial charge on any atom is 0.271 e. The minimum atomic E-state index is -0.567. The fourth-order valence-corrected chi connectivity index (χ4v) is 2.71. The predicted octanol–water partition coefficient (Wildman–Crippen LogP) is 4.40. The molecule has 0 saturated carbocycles. The summed E-state index contributed by atoms with van der Waals surface area (Å²) in [5, 5.41) is 6.41. The van der Waals surface area contributed by atoms with Crippen LogP contribution in [0.1, 0.15) is 15.9 Å². The van der Waals surface area contributed by atoms with E-state index in [4.69, 9.17) is 16.3 Å². The number of hydrogen-bond acceptors (Lipinski definition) is 4. The molecule has 6 nitrogen and oxygen atoms in total. The van der Waals surface area contributed by atoms with Crippen LogP contribution in [0.15, 0.2) is 71.8 Å². The largest absolute Gasteiger partial charge is 0.482 e. The fourth-order valence-electron chi connectivity index (χ4n) is 2.47. The molecule has 0 aliphatic rings. The van der Waals surface area contributed by atoms with Crippen molar-refractivity contribution in [2.24, 2.45) is 5.10 Å². The summed E-state index contributed by atoms with van der Waals surface area (Å²) in [4.78, 5) is 23.8. The Labute approximate surface area is 181 Å².